The van der Waals surface area contributed by atoms with Crippen LogP contribution in [-0.4, -0.2) is 26.0 Å². The Bertz CT molecular complexity index is 463. The molecule has 19 heavy (non-hydrogen) atoms. The molecule has 0 fully saturated rings. The second-order valence-electron chi connectivity index (χ2n) is 4.87. The Morgan fingerprint density at radius 1 is 1.42 bits per heavy atom. The SMILES string of the molecule is CC(C)CNC(=O)CN(C)c1cc(F)cc(F)c1N. The highest BCUT2D eigenvalue weighted by Gasteiger charge is 2.14. The summed E-state index contributed by atoms with van der Waals surface area (Å²) in [7, 11) is 1.56. The smallest absolute Gasteiger partial charge is 0.239 e. The summed E-state index contributed by atoms with van der Waals surface area (Å²) in [4.78, 5) is 13.0. The first-order valence-electron chi connectivity index (χ1n) is 6.03. The van der Waals surface area contributed by atoms with Crippen molar-refractivity contribution in [2.24, 2.45) is 5.92 Å². The minimum atomic E-state index is -0.829. The number of benzene rings is 1. The van der Waals surface area contributed by atoms with Crippen LogP contribution >= 0.6 is 0 Å². The number of hydrogen-bond donors (Lipinski definition) is 2. The molecule has 0 unspecified atom stereocenters. The first-order chi connectivity index (χ1) is 8.81. The maximum Gasteiger partial charge on any atom is 0.239 e. The normalized spacial score (nSPS) is 10.6. The van der Waals surface area contributed by atoms with Gasteiger partial charge in [-0.3, -0.25) is 4.79 Å². The third-order valence-corrected chi connectivity index (χ3v) is 2.57. The molecule has 0 aromatic heterocycles. The summed E-state index contributed by atoms with van der Waals surface area (Å²) in [5.41, 5.74) is 5.53. The number of nitrogen functional groups attached to an aromatic ring is 1. The number of carbonyl (C=O) groups is 1. The minimum absolute atomic E-state index is 0.0141. The summed E-state index contributed by atoms with van der Waals surface area (Å²) >= 11 is 0. The predicted molar refractivity (Wildman–Crippen MR) is 71.9 cm³/mol. The van der Waals surface area contributed by atoms with Gasteiger partial charge in [0.05, 0.1) is 17.9 Å². The van der Waals surface area contributed by atoms with Crippen molar-refractivity contribution in [1.29, 1.82) is 0 Å². The standard InChI is InChI=1S/C13H19F2N3O/c1-8(2)6-17-12(19)7-18(3)11-5-9(14)4-10(15)13(11)16/h4-5,8H,6-7,16H2,1-3H3,(H,17,19). The van der Waals surface area contributed by atoms with Gasteiger partial charge in [0.2, 0.25) is 5.91 Å². The quantitative estimate of drug-likeness (QED) is 0.802. The zero-order valence-electron chi connectivity index (χ0n) is 11.3. The second kappa shape index (κ2) is 6.36. The maximum atomic E-state index is 13.3. The van der Waals surface area contributed by atoms with E-state index < -0.39 is 11.6 Å². The molecule has 1 amide bonds. The van der Waals surface area contributed by atoms with Gasteiger partial charge < -0.3 is 16.0 Å². The van der Waals surface area contributed by atoms with Crippen molar-refractivity contribution in [2.75, 3.05) is 30.8 Å². The number of amides is 1. The predicted octanol–water partition coefficient (Wildman–Crippen LogP) is 1.76. The number of rotatable bonds is 5. The van der Waals surface area contributed by atoms with Crippen LogP contribution in [0, 0.1) is 17.6 Å². The number of nitrogens with two attached hydrogens (primary N) is 1. The highest BCUT2D eigenvalue weighted by molar-refractivity contribution is 5.83. The lowest BCUT2D eigenvalue weighted by Crippen LogP contribution is -2.37. The lowest BCUT2D eigenvalue weighted by Gasteiger charge is -2.21. The number of anilines is 2. The average Bonchev–Trinajstić information content (AvgIpc) is 2.31. The average molecular weight is 271 g/mol. The van der Waals surface area contributed by atoms with Crippen molar-refractivity contribution >= 4 is 17.3 Å². The van der Waals surface area contributed by atoms with E-state index in [1.54, 1.807) is 7.05 Å². The molecular weight excluding hydrogens is 252 g/mol. The number of hydrogen-bond acceptors (Lipinski definition) is 3. The molecule has 0 saturated carbocycles. The van der Waals surface area contributed by atoms with Crippen LogP contribution in [0.3, 0.4) is 0 Å². The van der Waals surface area contributed by atoms with Gasteiger partial charge in [-0.05, 0) is 12.0 Å². The fraction of sp³-hybridized carbons (Fsp3) is 0.462. The van der Waals surface area contributed by atoms with Gasteiger partial charge in [0, 0.05) is 19.7 Å². The Hall–Kier alpha value is -1.85. The topological polar surface area (TPSA) is 58.4 Å². The van der Waals surface area contributed by atoms with Gasteiger partial charge in [0.1, 0.15) is 5.82 Å². The molecule has 1 aromatic carbocycles. The molecule has 3 N–H and O–H groups in total. The third-order valence-electron chi connectivity index (χ3n) is 2.57. The molecule has 6 heteroatoms. The van der Waals surface area contributed by atoms with Crippen molar-refractivity contribution in [3.8, 4) is 0 Å². The molecule has 4 nitrogen and oxygen atoms in total. The highest BCUT2D eigenvalue weighted by atomic mass is 19.1. The summed E-state index contributed by atoms with van der Waals surface area (Å²) in [5.74, 6) is -1.44. The zero-order valence-corrected chi connectivity index (χ0v) is 11.3. The highest BCUT2D eigenvalue weighted by Crippen LogP contribution is 2.26. The van der Waals surface area contributed by atoms with Crippen LogP contribution in [0.5, 0.6) is 0 Å². The molecule has 0 aliphatic heterocycles. The summed E-state index contributed by atoms with van der Waals surface area (Å²) < 4.78 is 26.4. The number of carbonyl (C=O) groups excluding carboxylic acids is 1. The van der Waals surface area contributed by atoms with E-state index in [9.17, 15) is 13.6 Å². The van der Waals surface area contributed by atoms with Crippen molar-refractivity contribution in [2.45, 2.75) is 13.8 Å². The zero-order chi connectivity index (χ0) is 14.6. The van der Waals surface area contributed by atoms with Crippen LogP contribution in [0.2, 0.25) is 0 Å². The van der Waals surface area contributed by atoms with E-state index in [0.717, 1.165) is 6.07 Å². The molecule has 0 aliphatic carbocycles. The molecule has 0 atom stereocenters. The van der Waals surface area contributed by atoms with E-state index in [1.165, 1.54) is 4.90 Å². The molecule has 0 bridgehead atoms. The van der Waals surface area contributed by atoms with Crippen LogP contribution in [0.4, 0.5) is 20.2 Å². The van der Waals surface area contributed by atoms with Crippen molar-refractivity contribution in [3.05, 3.63) is 23.8 Å². The van der Waals surface area contributed by atoms with E-state index >= 15 is 0 Å². The second-order valence-corrected chi connectivity index (χ2v) is 4.87. The first-order valence-corrected chi connectivity index (χ1v) is 6.03. The molecular formula is C13H19F2N3O. The van der Waals surface area contributed by atoms with Gasteiger partial charge in [-0.2, -0.15) is 0 Å². The number of halogens is 2. The molecule has 1 aromatic rings. The number of nitrogens with one attached hydrogen (secondary N) is 1. The molecule has 0 heterocycles. The van der Waals surface area contributed by atoms with E-state index in [-0.39, 0.29) is 23.8 Å². The molecule has 0 saturated heterocycles. The molecule has 0 spiro atoms. The van der Waals surface area contributed by atoms with E-state index in [0.29, 0.717) is 18.5 Å². The Balaban J connectivity index is 2.73. The monoisotopic (exact) mass is 271 g/mol. The van der Waals surface area contributed by atoms with Crippen LogP contribution in [-0.2, 0) is 4.79 Å². The first kappa shape index (κ1) is 15.2. The van der Waals surface area contributed by atoms with Gasteiger partial charge in [0.15, 0.2) is 5.82 Å². The van der Waals surface area contributed by atoms with Crippen LogP contribution in [0.25, 0.3) is 0 Å². The van der Waals surface area contributed by atoms with Crippen molar-refractivity contribution in [1.82, 2.24) is 5.32 Å². The van der Waals surface area contributed by atoms with Crippen molar-refractivity contribution < 1.29 is 13.6 Å². The lowest BCUT2D eigenvalue weighted by atomic mass is 10.2. The van der Waals surface area contributed by atoms with Crippen molar-refractivity contribution in [3.63, 3.8) is 0 Å². The summed E-state index contributed by atoms with van der Waals surface area (Å²) in [6, 6.07) is 1.82. The molecule has 0 radical (unpaired) electrons. The number of nitrogens with zero attached hydrogens (tertiary/aromatic N) is 1. The van der Waals surface area contributed by atoms with E-state index in [2.05, 4.69) is 5.32 Å². The van der Waals surface area contributed by atoms with Gasteiger partial charge in [-0.1, -0.05) is 13.8 Å². The molecule has 1 rings (SSSR count). The number of likely N-dealkylation sites (N-methyl/N-ethyl adjacent to an activating group) is 1. The maximum absolute atomic E-state index is 13.3. The Morgan fingerprint density at radius 2 is 2.05 bits per heavy atom. The van der Waals surface area contributed by atoms with Gasteiger partial charge >= 0.3 is 0 Å². The largest absolute Gasteiger partial charge is 0.395 e. The Labute approximate surface area is 111 Å². The summed E-state index contributed by atoms with van der Waals surface area (Å²) in [5, 5.41) is 2.72. The fourth-order valence-corrected chi connectivity index (χ4v) is 1.56. The Morgan fingerprint density at radius 3 is 2.63 bits per heavy atom. The van der Waals surface area contributed by atoms with Crippen LogP contribution in [0.1, 0.15) is 13.8 Å². The molecule has 0 aliphatic rings. The minimum Gasteiger partial charge on any atom is -0.395 e. The summed E-state index contributed by atoms with van der Waals surface area (Å²) in [6.07, 6.45) is 0. The van der Waals surface area contributed by atoms with Gasteiger partial charge in [-0.15, -0.1) is 0 Å². The van der Waals surface area contributed by atoms with E-state index in [1.807, 2.05) is 13.8 Å². The van der Waals surface area contributed by atoms with Crippen LogP contribution < -0.4 is 16.0 Å². The van der Waals surface area contributed by atoms with E-state index in [4.69, 9.17) is 5.73 Å². The van der Waals surface area contributed by atoms with Gasteiger partial charge in [-0.25, -0.2) is 8.78 Å². The Kier molecular flexibility index (Phi) is 5.09. The lowest BCUT2D eigenvalue weighted by molar-refractivity contribution is -0.119. The molecule has 106 valence electrons. The van der Waals surface area contributed by atoms with Crippen LogP contribution in [0.15, 0.2) is 12.1 Å². The van der Waals surface area contributed by atoms with Gasteiger partial charge in [0.25, 0.3) is 0 Å². The fourth-order valence-electron chi connectivity index (χ4n) is 1.56. The third kappa shape index (κ3) is 4.39. The summed E-state index contributed by atoms with van der Waals surface area (Å²) in [6.45, 7) is 4.49.